The molecule has 2 aliphatic heterocycles. The molecule has 2 aromatic rings. The number of nitrogens with zero attached hydrogens (tertiary/aromatic N) is 2. The van der Waals surface area contributed by atoms with Gasteiger partial charge in [-0.15, -0.1) is 0 Å². The summed E-state index contributed by atoms with van der Waals surface area (Å²) in [5.41, 5.74) is 2.04. The summed E-state index contributed by atoms with van der Waals surface area (Å²) in [4.78, 5) is 40.9. The second kappa shape index (κ2) is 12.9. The van der Waals surface area contributed by atoms with Gasteiger partial charge in [0, 0.05) is 49.4 Å². The van der Waals surface area contributed by atoms with Gasteiger partial charge >= 0.3 is 0 Å². The molecule has 2 saturated heterocycles. The maximum absolute atomic E-state index is 12.8. The molecule has 2 aromatic carbocycles. The van der Waals surface area contributed by atoms with Gasteiger partial charge in [-0.1, -0.05) is 58.4 Å². The normalized spacial score (nSPS) is 19.4. The Balaban J connectivity index is 1.33. The zero-order chi connectivity index (χ0) is 26.2. The summed E-state index contributed by atoms with van der Waals surface area (Å²) < 4.78 is 0.960. The molecule has 0 saturated carbocycles. The van der Waals surface area contributed by atoms with Crippen molar-refractivity contribution in [1.29, 1.82) is 5.41 Å². The number of hydrogen-bond donors (Lipinski definition) is 3. The van der Waals surface area contributed by atoms with Crippen molar-refractivity contribution in [1.82, 2.24) is 20.4 Å². The number of nitrogens with one attached hydrogen (secondary N) is 3. The van der Waals surface area contributed by atoms with E-state index in [1.807, 2.05) is 64.4 Å². The average Bonchev–Trinajstić information content (AvgIpc) is 3.44. The van der Waals surface area contributed by atoms with Gasteiger partial charge in [-0.05, 0) is 42.5 Å². The first-order chi connectivity index (χ1) is 17.9. The van der Waals surface area contributed by atoms with Crippen LogP contribution in [0.1, 0.15) is 49.3 Å². The Morgan fingerprint density at radius 2 is 1.78 bits per heavy atom. The van der Waals surface area contributed by atoms with Gasteiger partial charge in [0.1, 0.15) is 5.84 Å². The molecule has 196 valence electrons. The third kappa shape index (κ3) is 7.41. The van der Waals surface area contributed by atoms with Crippen LogP contribution >= 0.6 is 15.9 Å². The largest absolute Gasteiger partial charge is 0.354 e. The number of rotatable bonds is 11. The Bertz CT molecular complexity index is 1110. The molecule has 0 bridgehead atoms. The highest BCUT2D eigenvalue weighted by atomic mass is 79.9. The highest BCUT2D eigenvalue weighted by Crippen LogP contribution is 2.38. The Morgan fingerprint density at radius 3 is 2.49 bits per heavy atom. The fraction of sp³-hybridized carbons (Fsp3) is 0.429. The zero-order valence-corrected chi connectivity index (χ0v) is 22.5. The Morgan fingerprint density at radius 1 is 1.03 bits per heavy atom. The molecule has 3 N–H and O–H groups in total. The van der Waals surface area contributed by atoms with Crippen molar-refractivity contribution in [2.24, 2.45) is 5.92 Å². The van der Waals surface area contributed by atoms with Crippen LogP contribution in [0.3, 0.4) is 0 Å². The van der Waals surface area contributed by atoms with Crippen LogP contribution in [0.15, 0.2) is 59.1 Å². The zero-order valence-electron chi connectivity index (χ0n) is 20.9. The SMILES string of the molecule is N=C1[C@@H](CC(=O)NCc2ccccc2)C[C@H](c2ccc(Br)cc2)N1CC(=O)NCCCN1CCCC1=O. The minimum atomic E-state index is -0.265. The number of amides is 3. The molecule has 3 amide bonds. The third-order valence-corrected chi connectivity index (χ3v) is 7.54. The third-order valence-electron chi connectivity index (χ3n) is 7.01. The van der Waals surface area contributed by atoms with E-state index in [4.69, 9.17) is 5.41 Å². The molecule has 2 aliphatic rings. The number of likely N-dealkylation sites (tertiary alicyclic amines) is 2. The number of carbonyl (C=O) groups is 3. The first-order valence-electron chi connectivity index (χ1n) is 12.9. The van der Waals surface area contributed by atoms with Gasteiger partial charge in [0.15, 0.2) is 0 Å². The summed E-state index contributed by atoms with van der Waals surface area (Å²) in [5, 5.41) is 14.7. The van der Waals surface area contributed by atoms with Crippen molar-refractivity contribution in [3.8, 4) is 0 Å². The summed E-state index contributed by atoms with van der Waals surface area (Å²) in [6, 6.07) is 17.5. The molecule has 0 spiro atoms. The average molecular weight is 569 g/mol. The number of hydrogen-bond acceptors (Lipinski definition) is 4. The van der Waals surface area contributed by atoms with Crippen LogP contribution in [0, 0.1) is 11.3 Å². The molecule has 2 heterocycles. The minimum Gasteiger partial charge on any atom is -0.354 e. The second-order valence-electron chi connectivity index (χ2n) is 9.67. The van der Waals surface area contributed by atoms with Crippen LogP contribution in [0.2, 0.25) is 0 Å². The lowest BCUT2D eigenvalue weighted by molar-refractivity contribution is -0.127. The smallest absolute Gasteiger partial charge is 0.239 e. The molecule has 9 heteroatoms. The predicted octanol–water partition coefficient (Wildman–Crippen LogP) is 3.62. The van der Waals surface area contributed by atoms with Crippen molar-refractivity contribution in [3.63, 3.8) is 0 Å². The molecule has 2 atom stereocenters. The number of benzene rings is 2. The number of carbonyl (C=O) groups excluding carboxylic acids is 3. The molecule has 2 fully saturated rings. The number of halogens is 1. The van der Waals surface area contributed by atoms with Crippen LogP contribution < -0.4 is 10.6 Å². The van der Waals surface area contributed by atoms with E-state index in [0.29, 0.717) is 44.7 Å². The molecular weight excluding hydrogens is 534 g/mol. The van der Waals surface area contributed by atoms with Gasteiger partial charge in [-0.2, -0.15) is 0 Å². The van der Waals surface area contributed by atoms with E-state index < -0.39 is 0 Å². The van der Waals surface area contributed by atoms with Gasteiger partial charge in [0.2, 0.25) is 17.7 Å². The topological polar surface area (TPSA) is 106 Å². The van der Waals surface area contributed by atoms with E-state index in [-0.39, 0.29) is 42.6 Å². The lowest BCUT2D eigenvalue weighted by Gasteiger charge is -2.26. The predicted molar refractivity (Wildman–Crippen MR) is 146 cm³/mol. The van der Waals surface area contributed by atoms with Gasteiger partial charge in [-0.3, -0.25) is 19.8 Å². The molecule has 0 aliphatic carbocycles. The van der Waals surface area contributed by atoms with Crippen molar-refractivity contribution in [2.45, 2.75) is 44.7 Å². The summed E-state index contributed by atoms with van der Waals surface area (Å²) in [6.07, 6.45) is 3.04. The van der Waals surface area contributed by atoms with Crippen LogP contribution in [-0.4, -0.2) is 59.5 Å². The van der Waals surface area contributed by atoms with Crippen LogP contribution in [0.5, 0.6) is 0 Å². The Labute approximate surface area is 226 Å². The van der Waals surface area contributed by atoms with E-state index in [2.05, 4.69) is 26.6 Å². The summed E-state index contributed by atoms with van der Waals surface area (Å²) >= 11 is 3.47. The highest BCUT2D eigenvalue weighted by Gasteiger charge is 2.39. The molecule has 37 heavy (non-hydrogen) atoms. The molecule has 4 rings (SSSR count). The molecule has 0 radical (unpaired) electrons. The van der Waals surface area contributed by atoms with E-state index in [1.54, 1.807) is 0 Å². The maximum atomic E-state index is 12.8. The summed E-state index contributed by atoms with van der Waals surface area (Å²) in [6.45, 7) is 2.45. The van der Waals surface area contributed by atoms with Crippen molar-refractivity contribution < 1.29 is 14.4 Å². The van der Waals surface area contributed by atoms with E-state index in [9.17, 15) is 14.4 Å². The van der Waals surface area contributed by atoms with Gasteiger partial charge < -0.3 is 20.4 Å². The van der Waals surface area contributed by atoms with Crippen LogP contribution in [-0.2, 0) is 20.9 Å². The quantitative estimate of drug-likeness (QED) is 0.360. The Kier molecular flexibility index (Phi) is 9.33. The van der Waals surface area contributed by atoms with Crippen molar-refractivity contribution in [2.75, 3.05) is 26.2 Å². The Hall–Kier alpha value is -3.20. The minimum absolute atomic E-state index is 0.0599. The van der Waals surface area contributed by atoms with Crippen LogP contribution in [0.4, 0.5) is 0 Å². The van der Waals surface area contributed by atoms with E-state index >= 15 is 0 Å². The van der Waals surface area contributed by atoms with Crippen molar-refractivity contribution >= 4 is 39.5 Å². The highest BCUT2D eigenvalue weighted by molar-refractivity contribution is 9.10. The molecule has 0 aromatic heterocycles. The fourth-order valence-corrected chi connectivity index (χ4v) is 5.29. The molecule has 8 nitrogen and oxygen atoms in total. The van der Waals surface area contributed by atoms with Gasteiger partial charge in [-0.25, -0.2) is 0 Å². The van der Waals surface area contributed by atoms with Gasteiger partial charge in [0.05, 0.1) is 12.6 Å². The fourth-order valence-electron chi connectivity index (χ4n) is 5.03. The first-order valence-corrected chi connectivity index (χ1v) is 13.7. The lowest BCUT2D eigenvalue weighted by atomic mass is 9.96. The second-order valence-corrected chi connectivity index (χ2v) is 10.6. The van der Waals surface area contributed by atoms with Crippen LogP contribution in [0.25, 0.3) is 0 Å². The standard InChI is InChI=1S/C28H34BrN5O3/c29-23-11-9-21(10-12-23)24-16-22(17-25(35)32-18-20-6-2-1-3-7-20)28(30)34(24)19-26(36)31-13-5-15-33-14-4-8-27(33)37/h1-3,6-7,9-12,22,24,30H,4-5,8,13-19H2,(H,31,36)(H,32,35)/t22-,24-/m1/s1. The monoisotopic (exact) mass is 567 g/mol. The summed E-state index contributed by atoms with van der Waals surface area (Å²) in [7, 11) is 0. The maximum Gasteiger partial charge on any atom is 0.239 e. The lowest BCUT2D eigenvalue weighted by Crippen LogP contribution is -2.40. The first kappa shape index (κ1) is 26.9. The molecular formula is C28H34BrN5O3. The molecule has 0 unspecified atom stereocenters. The summed E-state index contributed by atoms with van der Waals surface area (Å²) in [5.74, 6) is -0.0169. The van der Waals surface area contributed by atoms with E-state index in [0.717, 1.165) is 28.6 Å². The van der Waals surface area contributed by atoms with Gasteiger partial charge in [0.25, 0.3) is 0 Å². The number of amidine groups is 1. The van der Waals surface area contributed by atoms with E-state index in [1.165, 1.54) is 0 Å². The van der Waals surface area contributed by atoms with Crippen molar-refractivity contribution in [3.05, 3.63) is 70.2 Å².